The Morgan fingerprint density at radius 1 is 1.29 bits per heavy atom. The quantitative estimate of drug-likeness (QED) is 0.902. The number of likely N-dealkylation sites (tertiary alicyclic amines) is 1. The van der Waals surface area contributed by atoms with Gasteiger partial charge in [0.1, 0.15) is 0 Å². The van der Waals surface area contributed by atoms with Crippen molar-refractivity contribution in [3.8, 4) is 0 Å². The van der Waals surface area contributed by atoms with E-state index in [0.717, 1.165) is 50.5 Å². The monoisotopic (exact) mass is 348 g/mol. The van der Waals surface area contributed by atoms with Gasteiger partial charge < -0.3 is 10.0 Å². The van der Waals surface area contributed by atoms with E-state index >= 15 is 0 Å². The van der Waals surface area contributed by atoms with Gasteiger partial charge >= 0.3 is 5.97 Å². The predicted molar refractivity (Wildman–Crippen MR) is 95.6 cm³/mol. The molecule has 1 aromatic carbocycles. The SMILES string of the molecule is O=C(O)[C@@]12CCC[C@H]1CN(Cc1c(Cl)cccc1N1CCCC1)C2. The van der Waals surface area contributed by atoms with Crippen molar-refractivity contribution in [1.29, 1.82) is 0 Å². The van der Waals surface area contributed by atoms with Crippen LogP contribution < -0.4 is 4.90 Å². The molecule has 0 spiro atoms. The largest absolute Gasteiger partial charge is 0.481 e. The summed E-state index contributed by atoms with van der Waals surface area (Å²) < 4.78 is 0. The lowest BCUT2D eigenvalue weighted by atomic mass is 9.81. The van der Waals surface area contributed by atoms with E-state index in [2.05, 4.69) is 15.9 Å². The molecule has 1 aromatic rings. The van der Waals surface area contributed by atoms with Crippen molar-refractivity contribution >= 4 is 23.3 Å². The van der Waals surface area contributed by atoms with E-state index in [1.165, 1.54) is 24.1 Å². The molecule has 1 aliphatic carbocycles. The van der Waals surface area contributed by atoms with Crippen molar-refractivity contribution in [2.24, 2.45) is 11.3 Å². The minimum absolute atomic E-state index is 0.299. The first-order valence-corrected chi connectivity index (χ1v) is 9.46. The van der Waals surface area contributed by atoms with E-state index in [9.17, 15) is 9.90 Å². The molecule has 0 aromatic heterocycles. The third-order valence-corrected chi connectivity index (χ3v) is 6.64. The highest BCUT2D eigenvalue weighted by Crippen LogP contribution is 2.49. The maximum absolute atomic E-state index is 11.9. The number of carboxylic acids is 1. The number of fused-ring (bicyclic) bond motifs is 1. The van der Waals surface area contributed by atoms with Crippen LogP contribution >= 0.6 is 11.6 Å². The fourth-order valence-electron chi connectivity index (χ4n) is 5.05. The number of nitrogens with zero attached hydrogens (tertiary/aromatic N) is 2. The minimum atomic E-state index is -0.605. The van der Waals surface area contributed by atoms with Crippen LogP contribution in [0.2, 0.25) is 5.02 Å². The van der Waals surface area contributed by atoms with Crippen LogP contribution in [0, 0.1) is 11.3 Å². The number of hydrogen-bond acceptors (Lipinski definition) is 3. The molecular weight excluding hydrogens is 324 g/mol. The van der Waals surface area contributed by atoms with Crippen LogP contribution in [0.5, 0.6) is 0 Å². The van der Waals surface area contributed by atoms with Crippen molar-refractivity contribution in [1.82, 2.24) is 4.90 Å². The molecule has 4 nitrogen and oxygen atoms in total. The molecule has 2 aliphatic heterocycles. The van der Waals surface area contributed by atoms with Crippen molar-refractivity contribution in [2.45, 2.75) is 38.6 Å². The number of rotatable bonds is 4. The molecule has 2 saturated heterocycles. The molecule has 0 radical (unpaired) electrons. The summed E-state index contributed by atoms with van der Waals surface area (Å²) in [7, 11) is 0. The smallest absolute Gasteiger partial charge is 0.311 e. The summed E-state index contributed by atoms with van der Waals surface area (Å²) in [5.41, 5.74) is 1.89. The van der Waals surface area contributed by atoms with E-state index in [4.69, 9.17) is 11.6 Å². The molecule has 2 heterocycles. The van der Waals surface area contributed by atoms with Gasteiger partial charge in [0, 0.05) is 49.0 Å². The highest BCUT2D eigenvalue weighted by atomic mass is 35.5. The van der Waals surface area contributed by atoms with Gasteiger partial charge in [-0.1, -0.05) is 24.1 Å². The molecule has 0 amide bonds. The van der Waals surface area contributed by atoms with Crippen molar-refractivity contribution < 1.29 is 9.90 Å². The van der Waals surface area contributed by atoms with E-state index < -0.39 is 11.4 Å². The Labute approximate surface area is 148 Å². The third kappa shape index (κ3) is 2.60. The molecule has 3 aliphatic rings. The van der Waals surface area contributed by atoms with Gasteiger partial charge in [0.05, 0.1) is 5.41 Å². The van der Waals surface area contributed by atoms with Gasteiger partial charge in [-0.2, -0.15) is 0 Å². The van der Waals surface area contributed by atoms with Crippen LogP contribution in [0.25, 0.3) is 0 Å². The molecular formula is C19H25ClN2O2. The molecule has 0 bridgehead atoms. The third-order valence-electron chi connectivity index (χ3n) is 6.29. The molecule has 0 unspecified atom stereocenters. The van der Waals surface area contributed by atoms with E-state index in [1.807, 2.05) is 12.1 Å². The average molecular weight is 349 g/mol. The Bertz CT molecular complexity index is 644. The molecule has 130 valence electrons. The highest BCUT2D eigenvalue weighted by molar-refractivity contribution is 6.31. The van der Waals surface area contributed by atoms with Crippen LogP contribution in [-0.2, 0) is 11.3 Å². The Morgan fingerprint density at radius 2 is 2.08 bits per heavy atom. The maximum Gasteiger partial charge on any atom is 0.311 e. The zero-order valence-electron chi connectivity index (χ0n) is 14.0. The number of anilines is 1. The van der Waals surface area contributed by atoms with E-state index in [0.29, 0.717) is 12.5 Å². The van der Waals surface area contributed by atoms with Gasteiger partial charge in [0.2, 0.25) is 0 Å². The van der Waals surface area contributed by atoms with Gasteiger partial charge in [-0.05, 0) is 43.7 Å². The number of aliphatic carboxylic acids is 1. The van der Waals surface area contributed by atoms with Gasteiger partial charge in [-0.15, -0.1) is 0 Å². The molecule has 24 heavy (non-hydrogen) atoms. The second-order valence-electron chi connectivity index (χ2n) is 7.65. The minimum Gasteiger partial charge on any atom is -0.481 e. The first-order valence-electron chi connectivity index (χ1n) is 9.08. The normalized spacial score (nSPS) is 30.0. The topological polar surface area (TPSA) is 43.8 Å². The predicted octanol–water partition coefficient (Wildman–Crippen LogP) is 3.63. The second kappa shape index (κ2) is 6.23. The van der Waals surface area contributed by atoms with Crippen molar-refractivity contribution in [3.05, 3.63) is 28.8 Å². The summed E-state index contributed by atoms with van der Waals surface area (Å²) in [4.78, 5) is 16.6. The van der Waals surface area contributed by atoms with E-state index in [1.54, 1.807) is 0 Å². The lowest BCUT2D eigenvalue weighted by Crippen LogP contribution is -2.35. The second-order valence-corrected chi connectivity index (χ2v) is 8.06. The Hall–Kier alpha value is -1.26. The van der Waals surface area contributed by atoms with Crippen LogP contribution in [0.15, 0.2) is 18.2 Å². The molecule has 4 rings (SSSR count). The first kappa shape index (κ1) is 16.2. The number of hydrogen-bond donors (Lipinski definition) is 1. The average Bonchev–Trinajstić information content (AvgIpc) is 3.24. The maximum atomic E-state index is 11.9. The fraction of sp³-hybridized carbons (Fsp3) is 0.632. The molecule has 1 N–H and O–H groups in total. The van der Waals surface area contributed by atoms with Gasteiger partial charge in [-0.3, -0.25) is 9.69 Å². The van der Waals surface area contributed by atoms with Crippen LogP contribution in [0.4, 0.5) is 5.69 Å². The van der Waals surface area contributed by atoms with Crippen molar-refractivity contribution in [2.75, 3.05) is 31.1 Å². The first-order chi connectivity index (χ1) is 11.6. The van der Waals surface area contributed by atoms with Crippen LogP contribution in [-0.4, -0.2) is 42.2 Å². The van der Waals surface area contributed by atoms with Gasteiger partial charge in [0.15, 0.2) is 0 Å². The summed E-state index contributed by atoms with van der Waals surface area (Å²) in [6.07, 6.45) is 5.39. The van der Waals surface area contributed by atoms with E-state index in [-0.39, 0.29) is 0 Å². The number of benzene rings is 1. The summed E-state index contributed by atoms with van der Waals surface area (Å²) in [6, 6.07) is 6.15. The lowest BCUT2D eigenvalue weighted by molar-refractivity contribution is -0.149. The standard InChI is InChI=1S/C19H25ClN2O2/c20-16-6-3-7-17(22-9-1-2-10-22)15(16)12-21-11-14-5-4-8-19(14,13-21)18(23)24/h3,6-7,14H,1-2,4-5,8-13H2,(H,23,24)/t14-,19+/m0/s1. The Morgan fingerprint density at radius 3 is 2.79 bits per heavy atom. The zero-order valence-corrected chi connectivity index (χ0v) is 14.8. The van der Waals surface area contributed by atoms with Gasteiger partial charge in [-0.25, -0.2) is 0 Å². The number of halogens is 1. The molecule has 2 atom stereocenters. The fourth-order valence-corrected chi connectivity index (χ4v) is 5.27. The summed E-state index contributed by atoms with van der Waals surface area (Å²) >= 11 is 6.53. The summed E-state index contributed by atoms with van der Waals surface area (Å²) in [6.45, 7) is 4.50. The van der Waals surface area contributed by atoms with Crippen LogP contribution in [0.3, 0.4) is 0 Å². The summed E-state index contributed by atoms with van der Waals surface area (Å²) in [5.74, 6) is -0.306. The number of carbonyl (C=O) groups is 1. The van der Waals surface area contributed by atoms with Crippen molar-refractivity contribution in [3.63, 3.8) is 0 Å². The van der Waals surface area contributed by atoms with Crippen LogP contribution in [0.1, 0.15) is 37.7 Å². The number of carboxylic acid groups (broad SMARTS) is 1. The molecule has 5 heteroatoms. The highest BCUT2D eigenvalue weighted by Gasteiger charge is 2.54. The molecule has 3 fully saturated rings. The Balaban J connectivity index is 1.57. The Kier molecular flexibility index (Phi) is 4.21. The lowest BCUT2D eigenvalue weighted by Gasteiger charge is -2.26. The summed E-state index contributed by atoms with van der Waals surface area (Å²) in [5, 5.41) is 10.6. The zero-order chi connectivity index (χ0) is 16.7. The molecule has 1 saturated carbocycles. The van der Waals surface area contributed by atoms with Gasteiger partial charge in [0.25, 0.3) is 0 Å².